The molecule has 5 heteroatoms. The quantitative estimate of drug-likeness (QED) is 0.631. The van der Waals surface area contributed by atoms with E-state index in [4.69, 9.17) is 0 Å². The van der Waals surface area contributed by atoms with E-state index in [1.807, 2.05) is 0 Å². The van der Waals surface area contributed by atoms with Gasteiger partial charge in [0.1, 0.15) is 0 Å². The number of carbonyl (C=O) groups is 2. The predicted molar refractivity (Wildman–Crippen MR) is 75.5 cm³/mol. The molecule has 0 atom stereocenters. The van der Waals surface area contributed by atoms with E-state index >= 15 is 0 Å². The van der Waals surface area contributed by atoms with E-state index in [1.165, 1.54) is 24.3 Å². The predicted octanol–water partition coefficient (Wildman–Crippen LogP) is 2.42. The molecule has 0 saturated heterocycles. The summed E-state index contributed by atoms with van der Waals surface area (Å²) in [6, 6.07) is 5.58. The normalized spacial score (nSPS) is 16.9. The first kappa shape index (κ1) is 14.9. The van der Waals surface area contributed by atoms with Gasteiger partial charge in [-0.25, -0.2) is 8.42 Å². The first-order valence-electron chi connectivity index (χ1n) is 6.78. The number of rotatable bonds is 4. The van der Waals surface area contributed by atoms with Crippen molar-refractivity contribution in [1.29, 1.82) is 0 Å². The second kappa shape index (κ2) is 5.87. The summed E-state index contributed by atoms with van der Waals surface area (Å²) < 4.78 is 22.7. The number of hydrogen-bond donors (Lipinski definition) is 0. The van der Waals surface area contributed by atoms with E-state index < -0.39 is 15.6 Å². The maximum Gasteiger partial charge on any atom is 0.228 e. The Hall–Kier alpha value is -1.49. The van der Waals surface area contributed by atoms with Crippen molar-refractivity contribution < 1.29 is 18.0 Å². The summed E-state index contributed by atoms with van der Waals surface area (Å²) in [6.45, 7) is 0. The molecule has 0 spiro atoms. The van der Waals surface area contributed by atoms with Crippen LogP contribution >= 0.6 is 0 Å². The molecule has 0 amide bonds. The molecule has 0 aromatic heterocycles. The van der Waals surface area contributed by atoms with Crippen LogP contribution in [0.15, 0.2) is 29.2 Å². The molecule has 1 fully saturated rings. The van der Waals surface area contributed by atoms with Crippen molar-refractivity contribution in [2.24, 2.45) is 5.92 Å². The van der Waals surface area contributed by atoms with Crippen molar-refractivity contribution in [2.75, 3.05) is 6.26 Å². The third kappa shape index (κ3) is 3.33. The van der Waals surface area contributed by atoms with Gasteiger partial charge in [-0.05, 0) is 37.1 Å². The molecule has 1 aromatic carbocycles. The minimum absolute atomic E-state index is 0.152. The molecule has 1 saturated carbocycles. The fourth-order valence-corrected chi connectivity index (χ4v) is 3.18. The molecule has 0 N–H and O–H groups in total. The highest BCUT2D eigenvalue weighted by Crippen LogP contribution is 2.25. The smallest absolute Gasteiger partial charge is 0.228 e. The van der Waals surface area contributed by atoms with Gasteiger partial charge in [0.05, 0.1) is 4.90 Å². The summed E-state index contributed by atoms with van der Waals surface area (Å²) in [5.41, 5.74) is 0.271. The molecule has 1 aliphatic carbocycles. The van der Waals surface area contributed by atoms with Crippen molar-refractivity contribution in [1.82, 2.24) is 0 Å². The standard InChI is InChI=1S/C15H18O4S/c1-20(18,19)13-9-7-12(8-10-13)15(17)14(16)11-5-3-2-4-6-11/h7-11H,2-6H2,1H3. The van der Waals surface area contributed by atoms with Gasteiger partial charge in [0.15, 0.2) is 9.84 Å². The van der Waals surface area contributed by atoms with Gasteiger partial charge in [0.25, 0.3) is 0 Å². The van der Waals surface area contributed by atoms with Crippen LogP contribution < -0.4 is 0 Å². The largest absolute Gasteiger partial charge is 0.290 e. The van der Waals surface area contributed by atoms with Gasteiger partial charge in [-0.3, -0.25) is 9.59 Å². The van der Waals surface area contributed by atoms with E-state index in [2.05, 4.69) is 0 Å². The Labute approximate surface area is 119 Å². The average Bonchev–Trinajstić information content (AvgIpc) is 2.46. The molecule has 4 nitrogen and oxygen atoms in total. The van der Waals surface area contributed by atoms with Crippen molar-refractivity contribution in [3.63, 3.8) is 0 Å². The zero-order chi connectivity index (χ0) is 14.8. The zero-order valence-electron chi connectivity index (χ0n) is 11.5. The molecule has 1 aliphatic rings. The highest BCUT2D eigenvalue weighted by atomic mass is 32.2. The van der Waals surface area contributed by atoms with E-state index in [0.29, 0.717) is 0 Å². The Morgan fingerprint density at radius 1 is 1.00 bits per heavy atom. The number of carbonyl (C=O) groups excluding carboxylic acids is 2. The summed E-state index contributed by atoms with van der Waals surface area (Å²) in [5, 5.41) is 0. The summed E-state index contributed by atoms with van der Waals surface area (Å²) >= 11 is 0. The van der Waals surface area contributed by atoms with Gasteiger partial charge < -0.3 is 0 Å². The second-order valence-electron chi connectivity index (χ2n) is 5.32. The Kier molecular flexibility index (Phi) is 4.38. The Balaban J connectivity index is 2.14. The van der Waals surface area contributed by atoms with Gasteiger partial charge in [0.2, 0.25) is 11.6 Å². The highest BCUT2D eigenvalue weighted by Gasteiger charge is 2.27. The Morgan fingerprint density at radius 3 is 2.05 bits per heavy atom. The van der Waals surface area contributed by atoms with Crippen molar-refractivity contribution in [3.8, 4) is 0 Å². The minimum Gasteiger partial charge on any atom is -0.290 e. The summed E-state index contributed by atoms with van der Waals surface area (Å²) in [6.07, 6.45) is 5.80. The third-order valence-corrected chi connectivity index (χ3v) is 4.87. The van der Waals surface area contributed by atoms with Gasteiger partial charge in [-0.1, -0.05) is 19.3 Å². The minimum atomic E-state index is -3.28. The maximum atomic E-state index is 12.1. The zero-order valence-corrected chi connectivity index (χ0v) is 12.3. The van der Waals surface area contributed by atoms with Crippen molar-refractivity contribution in [3.05, 3.63) is 29.8 Å². The fraction of sp³-hybridized carbons (Fsp3) is 0.467. The van der Waals surface area contributed by atoms with Crippen LogP contribution in [0.2, 0.25) is 0 Å². The lowest BCUT2D eigenvalue weighted by Gasteiger charge is -2.19. The van der Waals surface area contributed by atoms with Crippen LogP contribution in [0.3, 0.4) is 0 Å². The van der Waals surface area contributed by atoms with Gasteiger partial charge in [-0.15, -0.1) is 0 Å². The molecular formula is C15H18O4S. The van der Waals surface area contributed by atoms with E-state index in [0.717, 1.165) is 38.4 Å². The molecule has 108 valence electrons. The maximum absolute atomic E-state index is 12.1. The van der Waals surface area contributed by atoms with Crippen LogP contribution in [0, 0.1) is 5.92 Å². The lowest BCUT2D eigenvalue weighted by molar-refractivity contribution is -0.119. The third-order valence-electron chi connectivity index (χ3n) is 3.74. The lowest BCUT2D eigenvalue weighted by atomic mass is 9.84. The molecule has 0 aliphatic heterocycles. The summed E-state index contributed by atoms with van der Waals surface area (Å²) in [4.78, 5) is 24.4. The molecule has 0 bridgehead atoms. The van der Waals surface area contributed by atoms with Gasteiger partial charge in [-0.2, -0.15) is 0 Å². The highest BCUT2D eigenvalue weighted by molar-refractivity contribution is 7.90. The summed E-state index contributed by atoms with van der Waals surface area (Å²) in [7, 11) is -3.28. The molecular weight excluding hydrogens is 276 g/mol. The van der Waals surface area contributed by atoms with E-state index in [9.17, 15) is 18.0 Å². The first-order chi connectivity index (χ1) is 9.39. The van der Waals surface area contributed by atoms with E-state index in [1.54, 1.807) is 0 Å². The topological polar surface area (TPSA) is 68.3 Å². The SMILES string of the molecule is CS(=O)(=O)c1ccc(C(=O)C(=O)C2CCCCC2)cc1. The Bertz CT molecular complexity index is 608. The monoisotopic (exact) mass is 294 g/mol. The number of sulfone groups is 1. The molecule has 0 radical (unpaired) electrons. The van der Waals surface area contributed by atoms with E-state index in [-0.39, 0.29) is 22.2 Å². The number of hydrogen-bond acceptors (Lipinski definition) is 4. The number of benzene rings is 1. The molecule has 20 heavy (non-hydrogen) atoms. The van der Waals surface area contributed by atoms with Crippen LogP contribution in [0.25, 0.3) is 0 Å². The van der Waals surface area contributed by atoms with Crippen molar-refractivity contribution >= 4 is 21.4 Å². The molecule has 2 rings (SSSR count). The fourth-order valence-electron chi connectivity index (χ4n) is 2.55. The van der Waals surface area contributed by atoms with Crippen LogP contribution in [-0.2, 0) is 14.6 Å². The number of Topliss-reactive ketones (excluding diaryl/α,β-unsaturated/α-hetero) is 2. The lowest BCUT2D eigenvalue weighted by Crippen LogP contribution is -2.25. The van der Waals surface area contributed by atoms with Crippen LogP contribution in [-0.4, -0.2) is 26.2 Å². The molecule has 1 aromatic rings. The van der Waals surface area contributed by atoms with Crippen molar-refractivity contribution in [2.45, 2.75) is 37.0 Å². The van der Waals surface area contributed by atoms with Gasteiger partial charge in [0, 0.05) is 17.7 Å². The Morgan fingerprint density at radius 2 is 1.55 bits per heavy atom. The van der Waals surface area contributed by atoms with Crippen LogP contribution in [0.4, 0.5) is 0 Å². The van der Waals surface area contributed by atoms with Gasteiger partial charge >= 0.3 is 0 Å². The summed E-state index contributed by atoms with van der Waals surface area (Å²) in [5.74, 6) is -1.00. The van der Waals surface area contributed by atoms with Crippen LogP contribution in [0.5, 0.6) is 0 Å². The number of ketones is 2. The average molecular weight is 294 g/mol. The second-order valence-corrected chi connectivity index (χ2v) is 7.34. The first-order valence-corrected chi connectivity index (χ1v) is 8.67. The van der Waals surface area contributed by atoms with Crippen LogP contribution in [0.1, 0.15) is 42.5 Å². The molecule has 0 unspecified atom stereocenters. The molecule has 0 heterocycles.